The number of aromatic nitrogens is 6. The first-order valence-corrected chi connectivity index (χ1v) is 37.8. The van der Waals surface area contributed by atoms with Crippen molar-refractivity contribution in [3.63, 3.8) is 0 Å². The Labute approximate surface area is 724 Å². The zero-order valence-corrected chi connectivity index (χ0v) is 73.5. The smallest absolute Gasteiger partial charge is 0.170 e. The van der Waals surface area contributed by atoms with Crippen LogP contribution in [0.4, 0.5) is 0 Å². The number of rotatable bonds is 12. The fourth-order valence-corrected chi connectivity index (χ4v) is 16.4. The molecule has 12 aromatic carbocycles. The van der Waals surface area contributed by atoms with Crippen LogP contribution in [0.5, 0.6) is 0 Å². The molecule has 0 atom stereocenters. The maximum Gasteiger partial charge on any atom is 0.170 e. The molecule has 12 heteroatoms. The number of thiazole rings is 1. The fourth-order valence-electron chi connectivity index (χ4n) is 15.1. The summed E-state index contributed by atoms with van der Waals surface area (Å²) in [6, 6.07) is 92.6. The van der Waals surface area contributed by atoms with E-state index < -0.39 is 0 Å². The van der Waals surface area contributed by atoms with Gasteiger partial charge in [-0.3, -0.25) is 4.98 Å². The molecule has 0 amide bonds. The van der Waals surface area contributed by atoms with Gasteiger partial charge in [0.25, 0.3) is 0 Å². The van der Waals surface area contributed by atoms with Gasteiger partial charge in [0.05, 0.1) is 56.2 Å². The van der Waals surface area contributed by atoms with Gasteiger partial charge in [-0.15, -0.1) is 59.9 Å². The van der Waals surface area contributed by atoms with E-state index >= 15 is 0 Å². The second-order valence-electron chi connectivity index (χ2n) is 28.4. The van der Waals surface area contributed by atoms with Gasteiger partial charge in [-0.05, 0) is 171 Å². The third-order valence-corrected chi connectivity index (χ3v) is 21.6. The molecule has 16 rings (SSSR count). The van der Waals surface area contributed by atoms with E-state index in [4.69, 9.17) is 19.4 Å². The van der Waals surface area contributed by atoms with Crippen molar-refractivity contribution in [3.8, 4) is 134 Å². The van der Waals surface area contributed by atoms with E-state index in [0.717, 1.165) is 95.3 Å². The first-order valence-electron chi connectivity index (χ1n) is 37.0. The Morgan fingerprint density at radius 1 is 0.301 bits per heavy atom. The minimum Gasteiger partial charge on any atom is -0.448 e. The van der Waals surface area contributed by atoms with Crippen molar-refractivity contribution in [2.45, 2.75) is 76.2 Å². The van der Waals surface area contributed by atoms with Crippen LogP contribution in [0, 0.1) is 104 Å². The summed E-state index contributed by atoms with van der Waals surface area (Å²) < 4.78 is 10.6. The van der Waals surface area contributed by atoms with Crippen molar-refractivity contribution in [2.24, 2.45) is 14.1 Å². The van der Waals surface area contributed by atoms with Crippen LogP contribution in [0.25, 0.3) is 134 Å². The minimum atomic E-state index is 0. The third kappa shape index (κ3) is 19.1. The van der Waals surface area contributed by atoms with Gasteiger partial charge in [0.1, 0.15) is 0 Å². The molecule has 0 saturated carbocycles. The number of aryl methyl sites for hydroxylation is 11. The summed E-state index contributed by atoms with van der Waals surface area (Å²) >= 11 is 1.76. The molecule has 113 heavy (non-hydrogen) atoms. The molecule has 4 heterocycles. The van der Waals surface area contributed by atoms with E-state index in [1.807, 2.05) is 98.0 Å². The molecule has 0 aliphatic carbocycles. The van der Waals surface area contributed by atoms with Gasteiger partial charge in [-0.25, -0.2) is 15.0 Å². The molecule has 0 spiro atoms. The summed E-state index contributed by atoms with van der Waals surface area (Å²) in [5, 5.41) is 1.04. The summed E-state index contributed by atoms with van der Waals surface area (Å²) in [6.45, 7) is 40.2. The van der Waals surface area contributed by atoms with E-state index in [2.05, 4.69) is 307 Å². The van der Waals surface area contributed by atoms with Crippen LogP contribution in [-0.4, -0.2) is 29.1 Å². The van der Waals surface area contributed by atoms with Crippen molar-refractivity contribution < 1.29 is 82.3 Å². The van der Waals surface area contributed by atoms with Crippen molar-refractivity contribution in [1.82, 2.24) is 29.1 Å². The van der Waals surface area contributed by atoms with Crippen molar-refractivity contribution in [1.29, 1.82) is 0 Å². The Bertz CT molecular complexity index is 5550. The SMILES string of the molecule is [CH2-]c1ccccc1-c1nc(C)c(-c2c(C)cc(-c3ccccc3)cc2C)n1C.[CH2-]c1ccccc1-c1nc(C)c(-c2c(C)cc(-c3ccccc3)cc2C)o1.[CH2-]c1ccccc1-c1nc(C)c(-c2c(C)cc(-c3ccccc3)cc2C)s1.[CH2-]c1ccccc1-c1ncc(-c2c(C)cc(-c3ccccc3)cc2C)n1C.[Rh].[Rh].[Rh].[Rh]. The average molecular weight is 1850 g/mol. The molecule has 0 unspecified atom stereocenters. The predicted octanol–water partition coefficient (Wildman–Crippen LogP) is 26.8. The van der Waals surface area contributed by atoms with Gasteiger partial charge in [0.15, 0.2) is 11.7 Å². The number of nitrogens with zero attached hydrogens (tertiary/aromatic N) is 6. The van der Waals surface area contributed by atoms with E-state index in [1.165, 1.54) is 116 Å². The van der Waals surface area contributed by atoms with E-state index in [-0.39, 0.29) is 77.9 Å². The molecule has 7 nitrogen and oxygen atoms in total. The summed E-state index contributed by atoms with van der Waals surface area (Å²) in [4.78, 5) is 20.4. The molecule has 4 radical (unpaired) electrons. The van der Waals surface area contributed by atoms with Crippen LogP contribution >= 0.6 is 11.3 Å². The Morgan fingerprint density at radius 2 is 0.628 bits per heavy atom. The van der Waals surface area contributed by atoms with Crippen molar-refractivity contribution >= 4 is 11.3 Å². The van der Waals surface area contributed by atoms with E-state index in [9.17, 15) is 0 Å². The molecule has 0 bridgehead atoms. The van der Waals surface area contributed by atoms with Crippen LogP contribution in [-0.2, 0) is 92.0 Å². The molecule has 4 aromatic heterocycles. The average Bonchev–Trinajstić information content (AvgIpc) is 1.68. The second kappa shape index (κ2) is 38.6. The molecule has 0 aliphatic heterocycles. The summed E-state index contributed by atoms with van der Waals surface area (Å²) in [7, 11) is 4.18. The molecule has 0 fully saturated rings. The van der Waals surface area contributed by atoms with Crippen LogP contribution in [0.3, 0.4) is 0 Å². The number of hydrogen-bond donors (Lipinski definition) is 0. The molecule has 578 valence electrons. The first kappa shape index (κ1) is 86.9. The molecule has 0 aliphatic rings. The van der Waals surface area contributed by atoms with Gasteiger partial charge < -0.3 is 13.6 Å². The van der Waals surface area contributed by atoms with Gasteiger partial charge in [0, 0.05) is 109 Å². The van der Waals surface area contributed by atoms with Gasteiger partial charge in [0.2, 0.25) is 0 Å². The Balaban J connectivity index is 0.000000171. The van der Waals surface area contributed by atoms with Crippen LogP contribution in [0.1, 0.15) is 83.8 Å². The Hall–Kier alpha value is -10.1. The number of oxazole rings is 1. The van der Waals surface area contributed by atoms with E-state index in [1.54, 1.807) is 11.3 Å². The molecule has 0 N–H and O–H groups in total. The van der Waals surface area contributed by atoms with Gasteiger partial charge in [-0.2, -0.15) is 74.2 Å². The third-order valence-electron chi connectivity index (χ3n) is 20.4. The fraction of sp³-hybridized carbons (Fsp3) is 0.129. The number of benzene rings is 12. The zero-order chi connectivity index (χ0) is 76.7. The largest absolute Gasteiger partial charge is 0.448 e. The predicted molar refractivity (Wildman–Crippen MR) is 460 cm³/mol. The topological polar surface area (TPSA) is 74.6 Å². The quantitative estimate of drug-likeness (QED) is 0.0900. The Morgan fingerprint density at radius 3 is 1.02 bits per heavy atom. The first-order chi connectivity index (χ1) is 52.6. The standard InChI is InChI=1S/C26H25N2.C25H23N2.C25H22NO.C25H22NS.4Rh/c1-17-11-9-10-14-23(17)26-27-20(4)25(28(26)5)24-18(2)15-22(16-19(24)3)21-12-7-6-8-13-21;1-17-10-8-9-13-22(17)25-26-16-23(27(25)4)24-18(2)14-21(15-19(24)3)20-11-6-5-7-12-20;2*1-16-10-8-9-13-22(16)25-26-19(4)24(27-25)23-17(2)14-21(15-18(23)3)20-11-6-5-7-12-20;;;;/h6-16H,1H2,2-5H3;5-16H,1H2,2-4H3;2*5-15H,1H2,2-4H3;;;;/q4*-1;;;;. The van der Waals surface area contributed by atoms with Crippen molar-refractivity contribution in [3.05, 3.63) is 385 Å². The van der Waals surface area contributed by atoms with Crippen LogP contribution in [0.15, 0.2) is 278 Å². The zero-order valence-electron chi connectivity index (χ0n) is 66.1. The summed E-state index contributed by atoms with van der Waals surface area (Å²) in [5.74, 6) is 3.37. The van der Waals surface area contributed by atoms with E-state index in [0.29, 0.717) is 5.89 Å². The van der Waals surface area contributed by atoms with Crippen molar-refractivity contribution in [2.75, 3.05) is 0 Å². The normalized spacial score (nSPS) is 10.6. The van der Waals surface area contributed by atoms with Gasteiger partial charge in [-0.1, -0.05) is 216 Å². The molecule has 16 aromatic rings. The van der Waals surface area contributed by atoms with Gasteiger partial charge >= 0.3 is 0 Å². The number of imidazole rings is 2. The second-order valence-corrected chi connectivity index (χ2v) is 29.4. The summed E-state index contributed by atoms with van der Waals surface area (Å²) in [5.41, 5.74) is 38.3. The maximum atomic E-state index is 6.22. The number of hydrogen-bond acceptors (Lipinski definition) is 6. The maximum absolute atomic E-state index is 6.22. The monoisotopic (exact) mass is 1850 g/mol. The summed E-state index contributed by atoms with van der Waals surface area (Å²) in [6.07, 6.45) is 1.97. The van der Waals surface area contributed by atoms with Crippen LogP contribution in [0.2, 0.25) is 0 Å². The Kier molecular flexibility index (Phi) is 29.7. The molecular weight excluding hydrogens is 1760 g/mol. The molecular formula is C101H92N6ORh4S-4. The minimum absolute atomic E-state index is 0. The van der Waals surface area contributed by atoms with Crippen LogP contribution < -0.4 is 0 Å². The molecule has 0 saturated heterocycles.